The third kappa shape index (κ3) is 1.85. The zero-order valence-electron chi connectivity index (χ0n) is 10.6. The Kier molecular flexibility index (Phi) is 3.01. The molecule has 2 aliphatic rings. The maximum absolute atomic E-state index is 6.15. The minimum atomic E-state index is 0.291. The molecule has 3 rings (SSSR count). The molecule has 1 saturated carbocycles. The Labute approximate surface area is 108 Å². The fraction of sp³-hybridized carbons (Fsp3) is 0.714. The third-order valence-electron chi connectivity index (χ3n) is 4.74. The number of hydrogen-bond donors (Lipinski definition) is 1. The zero-order valence-corrected chi connectivity index (χ0v) is 11.4. The fourth-order valence-electron chi connectivity index (χ4n) is 3.46. The normalized spacial score (nSPS) is 24.4. The van der Waals surface area contributed by atoms with Gasteiger partial charge in [-0.25, -0.2) is 0 Å². The number of hydrogen-bond acceptors (Lipinski definition) is 3. The van der Waals surface area contributed by atoms with Gasteiger partial charge in [0.2, 0.25) is 0 Å². The zero-order chi connectivity index (χ0) is 11.9. The molecule has 0 spiro atoms. The van der Waals surface area contributed by atoms with Crippen molar-refractivity contribution in [3.63, 3.8) is 0 Å². The highest BCUT2D eigenvalue weighted by Crippen LogP contribution is 2.46. The summed E-state index contributed by atoms with van der Waals surface area (Å²) < 4.78 is 0. The Balaban J connectivity index is 1.84. The summed E-state index contributed by atoms with van der Waals surface area (Å²) in [5.74, 6) is 0.859. The minimum absolute atomic E-state index is 0.291. The topological polar surface area (TPSA) is 29.3 Å². The van der Waals surface area contributed by atoms with Crippen molar-refractivity contribution in [1.82, 2.24) is 4.90 Å². The number of fused-ring (bicyclic) bond motifs is 1. The van der Waals surface area contributed by atoms with E-state index in [0.29, 0.717) is 5.54 Å². The number of nitrogens with two attached hydrogens (primary N) is 1. The Hall–Kier alpha value is -0.380. The Morgan fingerprint density at radius 2 is 2.35 bits per heavy atom. The van der Waals surface area contributed by atoms with Gasteiger partial charge in [0.05, 0.1) is 0 Å². The van der Waals surface area contributed by atoms with Gasteiger partial charge >= 0.3 is 0 Å². The van der Waals surface area contributed by atoms with E-state index in [9.17, 15) is 0 Å². The van der Waals surface area contributed by atoms with Crippen molar-refractivity contribution in [3.05, 3.63) is 21.9 Å². The predicted octanol–water partition coefficient (Wildman–Crippen LogP) is 2.62. The molecule has 0 radical (unpaired) electrons. The first-order valence-electron chi connectivity index (χ1n) is 6.80. The fourth-order valence-corrected chi connectivity index (χ4v) is 4.35. The quantitative estimate of drug-likeness (QED) is 0.890. The molecule has 1 aliphatic carbocycles. The van der Waals surface area contributed by atoms with E-state index in [0.717, 1.165) is 19.0 Å². The van der Waals surface area contributed by atoms with Crippen LogP contribution in [0.5, 0.6) is 0 Å². The second-order valence-electron chi connectivity index (χ2n) is 5.48. The van der Waals surface area contributed by atoms with Gasteiger partial charge in [-0.15, -0.1) is 11.3 Å². The Morgan fingerprint density at radius 3 is 3.00 bits per heavy atom. The van der Waals surface area contributed by atoms with E-state index >= 15 is 0 Å². The van der Waals surface area contributed by atoms with Gasteiger partial charge < -0.3 is 5.73 Å². The number of rotatable bonds is 4. The van der Waals surface area contributed by atoms with E-state index in [2.05, 4.69) is 23.3 Å². The van der Waals surface area contributed by atoms with E-state index in [1.807, 2.05) is 11.3 Å². The summed E-state index contributed by atoms with van der Waals surface area (Å²) in [7, 11) is 0. The average Bonchev–Trinajstić information content (AvgIpc) is 3.10. The molecule has 1 aromatic heterocycles. The van der Waals surface area contributed by atoms with E-state index in [-0.39, 0.29) is 0 Å². The SMILES string of the molecule is CCC(CN)(C1CC1)N1CCc2sccc2C1. The average molecular weight is 250 g/mol. The summed E-state index contributed by atoms with van der Waals surface area (Å²) in [4.78, 5) is 4.28. The van der Waals surface area contributed by atoms with Gasteiger partial charge in [-0.3, -0.25) is 4.90 Å². The van der Waals surface area contributed by atoms with Crippen LogP contribution in [0.25, 0.3) is 0 Å². The van der Waals surface area contributed by atoms with Crippen molar-refractivity contribution in [1.29, 1.82) is 0 Å². The van der Waals surface area contributed by atoms with Crippen molar-refractivity contribution < 1.29 is 0 Å². The monoisotopic (exact) mass is 250 g/mol. The predicted molar refractivity (Wildman–Crippen MR) is 73.2 cm³/mol. The molecule has 17 heavy (non-hydrogen) atoms. The lowest BCUT2D eigenvalue weighted by atomic mass is 9.86. The highest BCUT2D eigenvalue weighted by molar-refractivity contribution is 7.10. The van der Waals surface area contributed by atoms with Crippen molar-refractivity contribution >= 4 is 11.3 Å². The summed E-state index contributed by atoms with van der Waals surface area (Å²) in [5.41, 5.74) is 7.99. The molecule has 2 nitrogen and oxygen atoms in total. The van der Waals surface area contributed by atoms with E-state index in [4.69, 9.17) is 5.73 Å². The summed E-state index contributed by atoms with van der Waals surface area (Å²) >= 11 is 1.92. The van der Waals surface area contributed by atoms with E-state index in [1.165, 1.54) is 32.2 Å². The lowest BCUT2D eigenvalue weighted by Crippen LogP contribution is -2.56. The van der Waals surface area contributed by atoms with Crippen LogP contribution >= 0.6 is 11.3 Å². The Morgan fingerprint density at radius 1 is 1.53 bits per heavy atom. The molecule has 94 valence electrons. The molecule has 3 heteroatoms. The second-order valence-corrected chi connectivity index (χ2v) is 6.48. The van der Waals surface area contributed by atoms with Crippen LogP contribution in [0.4, 0.5) is 0 Å². The van der Waals surface area contributed by atoms with Crippen molar-refractivity contribution in [2.24, 2.45) is 11.7 Å². The van der Waals surface area contributed by atoms with Crippen LogP contribution in [0.1, 0.15) is 36.6 Å². The van der Waals surface area contributed by atoms with Crippen LogP contribution in [0, 0.1) is 5.92 Å². The van der Waals surface area contributed by atoms with E-state index < -0.39 is 0 Å². The maximum atomic E-state index is 6.15. The van der Waals surface area contributed by atoms with Crippen LogP contribution in [0.2, 0.25) is 0 Å². The molecule has 2 heterocycles. The number of nitrogens with zero attached hydrogens (tertiary/aromatic N) is 1. The first-order valence-corrected chi connectivity index (χ1v) is 7.68. The molecule has 2 N–H and O–H groups in total. The lowest BCUT2D eigenvalue weighted by Gasteiger charge is -2.45. The highest BCUT2D eigenvalue weighted by Gasteiger charge is 2.47. The lowest BCUT2D eigenvalue weighted by molar-refractivity contribution is 0.0556. The molecule has 1 aromatic rings. The van der Waals surface area contributed by atoms with Gasteiger partial charge in [-0.1, -0.05) is 6.92 Å². The van der Waals surface area contributed by atoms with Crippen molar-refractivity contribution in [2.75, 3.05) is 13.1 Å². The second kappa shape index (κ2) is 4.38. The van der Waals surface area contributed by atoms with Crippen LogP contribution < -0.4 is 5.73 Å². The van der Waals surface area contributed by atoms with Crippen LogP contribution in [0.15, 0.2) is 11.4 Å². The number of thiophene rings is 1. The summed E-state index contributed by atoms with van der Waals surface area (Å²) in [6.45, 7) is 5.47. The van der Waals surface area contributed by atoms with Crippen molar-refractivity contribution in [2.45, 2.75) is 44.7 Å². The van der Waals surface area contributed by atoms with Crippen LogP contribution in [0.3, 0.4) is 0 Å². The molecule has 1 unspecified atom stereocenters. The van der Waals surface area contributed by atoms with Crippen LogP contribution in [-0.2, 0) is 13.0 Å². The molecule has 0 saturated heterocycles. The first-order chi connectivity index (χ1) is 8.30. The third-order valence-corrected chi connectivity index (χ3v) is 5.76. The Bertz CT molecular complexity index is 391. The maximum Gasteiger partial charge on any atom is 0.0360 e. The summed E-state index contributed by atoms with van der Waals surface area (Å²) in [5, 5.41) is 2.24. The molecule has 0 bridgehead atoms. The molecule has 1 atom stereocenters. The minimum Gasteiger partial charge on any atom is -0.329 e. The standard InChI is InChI=1S/C14H22N2S/c1-2-14(10-15,12-3-4-12)16-7-5-13-11(9-16)6-8-17-13/h6,8,12H,2-5,7,9-10,15H2,1H3. The van der Waals surface area contributed by atoms with Gasteiger partial charge in [0, 0.05) is 30.1 Å². The highest BCUT2D eigenvalue weighted by atomic mass is 32.1. The van der Waals surface area contributed by atoms with Gasteiger partial charge in [0.1, 0.15) is 0 Å². The van der Waals surface area contributed by atoms with Gasteiger partial charge in [-0.2, -0.15) is 0 Å². The molecule has 0 aromatic carbocycles. The van der Waals surface area contributed by atoms with Gasteiger partial charge in [0.25, 0.3) is 0 Å². The van der Waals surface area contributed by atoms with Gasteiger partial charge in [-0.05, 0) is 48.6 Å². The molecule has 0 amide bonds. The van der Waals surface area contributed by atoms with Crippen LogP contribution in [-0.4, -0.2) is 23.5 Å². The molecular weight excluding hydrogens is 228 g/mol. The molecule has 1 aliphatic heterocycles. The first kappa shape index (κ1) is 11.7. The van der Waals surface area contributed by atoms with E-state index in [1.54, 1.807) is 10.4 Å². The summed E-state index contributed by atoms with van der Waals surface area (Å²) in [6.07, 6.45) is 5.20. The smallest absolute Gasteiger partial charge is 0.0360 e. The van der Waals surface area contributed by atoms with Gasteiger partial charge in [0.15, 0.2) is 0 Å². The molecule has 1 fully saturated rings. The molecular formula is C14H22N2S. The summed E-state index contributed by atoms with van der Waals surface area (Å²) in [6, 6.07) is 2.30. The van der Waals surface area contributed by atoms with Crippen molar-refractivity contribution in [3.8, 4) is 0 Å². The largest absolute Gasteiger partial charge is 0.329 e.